The highest BCUT2D eigenvalue weighted by Gasteiger charge is 2.21. The van der Waals surface area contributed by atoms with Crippen molar-refractivity contribution in [2.45, 2.75) is 46.1 Å². The molecule has 2 aromatic carbocycles. The topological polar surface area (TPSA) is 66.7 Å². The molecule has 0 aliphatic carbocycles. The average molecular weight is 462 g/mol. The molecule has 1 aliphatic rings. The number of nitrogens with zero attached hydrogens (tertiary/aromatic N) is 2. The van der Waals surface area contributed by atoms with Gasteiger partial charge in [-0.25, -0.2) is 0 Å². The predicted molar refractivity (Wildman–Crippen MR) is 136 cm³/mol. The van der Waals surface area contributed by atoms with Crippen LogP contribution in [-0.2, 0) is 6.54 Å². The predicted octanol–water partition coefficient (Wildman–Crippen LogP) is 5.33. The maximum Gasteiger partial charge on any atom is 0.268 e. The van der Waals surface area contributed by atoms with Gasteiger partial charge in [-0.3, -0.25) is 9.69 Å². The summed E-state index contributed by atoms with van der Waals surface area (Å²) in [6.07, 6.45) is 2.54. The van der Waals surface area contributed by atoms with E-state index in [1.54, 1.807) is 13.2 Å². The number of nitrogens with one attached hydrogen (secondary N) is 1. The van der Waals surface area contributed by atoms with Crippen molar-refractivity contribution in [2.24, 2.45) is 0 Å². The Balaban J connectivity index is 1.80. The van der Waals surface area contributed by atoms with Crippen molar-refractivity contribution in [3.8, 4) is 28.4 Å². The second-order valence-electron chi connectivity index (χ2n) is 9.21. The number of ether oxygens (including phenoxy) is 1. The minimum atomic E-state index is -0.146. The Bertz CT molecular complexity index is 1140. The number of hydrogen-bond donors (Lipinski definition) is 2. The number of rotatable bonds is 8. The summed E-state index contributed by atoms with van der Waals surface area (Å²) in [7, 11) is 1.61. The van der Waals surface area contributed by atoms with Gasteiger partial charge >= 0.3 is 0 Å². The highest BCUT2D eigenvalue weighted by molar-refractivity contribution is 5.95. The number of aromatic nitrogens is 1. The van der Waals surface area contributed by atoms with Gasteiger partial charge in [0.1, 0.15) is 17.2 Å². The molecule has 0 radical (unpaired) electrons. The molecule has 1 amide bonds. The van der Waals surface area contributed by atoms with E-state index in [1.807, 2.05) is 29.7 Å². The third-order valence-electron chi connectivity index (χ3n) is 6.50. The van der Waals surface area contributed by atoms with E-state index < -0.39 is 0 Å². The molecule has 1 aromatic heterocycles. The molecule has 4 rings (SSSR count). The van der Waals surface area contributed by atoms with Crippen LogP contribution in [0.4, 0.5) is 0 Å². The Hall–Kier alpha value is -3.25. The minimum absolute atomic E-state index is 0.119. The molecule has 34 heavy (non-hydrogen) atoms. The first-order valence-corrected chi connectivity index (χ1v) is 12.2. The molecule has 1 aliphatic heterocycles. The number of phenols is 1. The summed E-state index contributed by atoms with van der Waals surface area (Å²) in [4.78, 5) is 15.4. The number of benzene rings is 2. The van der Waals surface area contributed by atoms with Crippen LogP contribution in [0.15, 0.2) is 48.5 Å². The molecule has 0 atom stereocenters. The first kappa shape index (κ1) is 23.9. The Kier molecular flexibility index (Phi) is 7.27. The molecule has 180 valence electrons. The molecule has 6 heteroatoms. The second kappa shape index (κ2) is 10.3. The average Bonchev–Trinajstić information content (AvgIpc) is 3.49. The van der Waals surface area contributed by atoms with Crippen molar-refractivity contribution in [1.29, 1.82) is 0 Å². The van der Waals surface area contributed by atoms with Crippen molar-refractivity contribution in [3.05, 3.63) is 65.4 Å². The summed E-state index contributed by atoms with van der Waals surface area (Å²) in [5, 5.41) is 13.8. The van der Waals surface area contributed by atoms with E-state index >= 15 is 0 Å². The van der Waals surface area contributed by atoms with Gasteiger partial charge in [0.25, 0.3) is 5.91 Å². The molecule has 0 unspecified atom stereocenters. The molecule has 0 spiro atoms. The van der Waals surface area contributed by atoms with Gasteiger partial charge in [-0.2, -0.15) is 0 Å². The van der Waals surface area contributed by atoms with E-state index in [0.29, 0.717) is 23.6 Å². The van der Waals surface area contributed by atoms with Crippen LogP contribution >= 0.6 is 0 Å². The van der Waals surface area contributed by atoms with Gasteiger partial charge in [0.2, 0.25) is 0 Å². The summed E-state index contributed by atoms with van der Waals surface area (Å²) in [5.41, 5.74) is 5.10. The number of phenolic OH excluding ortho intramolecular Hbond substituents is 1. The first-order chi connectivity index (χ1) is 16.4. The standard InChI is InChI=1S/C28H35N3O3/c1-5-29-28(33)25-13-12-24(23-16-22(19(2)3)27(34-4)17-26(23)32)31(25)21-10-8-20(9-11-21)18-30-14-6-7-15-30/h8-13,16-17,19,32H,5-7,14-15,18H2,1-4H3,(H,29,33). The lowest BCUT2D eigenvalue weighted by Gasteiger charge is -2.19. The zero-order chi connectivity index (χ0) is 24.2. The molecule has 2 N–H and O–H groups in total. The van der Waals surface area contributed by atoms with Gasteiger partial charge in [0, 0.05) is 30.4 Å². The highest BCUT2D eigenvalue weighted by atomic mass is 16.5. The lowest BCUT2D eigenvalue weighted by Crippen LogP contribution is -2.25. The fraction of sp³-hybridized carbons (Fsp3) is 0.393. The van der Waals surface area contributed by atoms with Gasteiger partial charge in [0.15, 0.2) is 0 Å². The first-order valence-electron chi connectivity index (χ1n) is 12.2. The van der Waals surface area contributed by atoms with Gasteiger partial charge < -0.3 is 19.7 Å². The van der Waals surface area contributed by atoms with E-state index in [4.69, 9.17) is 4.74 Å². The zero-order valence-corrected chi connectivity index (χ0v) is 20.6. The summed E-state index contributed by atoms with van der Waals surface area (Å²) in [5.74, 6) is 0.843. The molecule has 0 bridgehead atoms. The number of hydrogen-bond acceptors (Lipinski definition) is 4. The van der Waals surface area contributed by atoms with Crippen molar-refractivity contribution in [1.82, 2.24) is 14.8 Å². The maximum atomic E-state index is 12.9. The number of amides is 1. The number of likely N-dealkylation sites (tertiary alicyclic amines) is 1. The lowest BCUT2D eigenvalue weighted by atomic mass is 9.97. The monoisotopic (exact) mass is 461 g/mol. The normalized spacial score (nSPS) is 14.0. The van der Waals surface area contributed by atoms with E-state index in [-0.39, 0.29) is 17.6 Å². The smallest absolute Gasteiger partial charge is 0.268 e. The Labute approximate surface area is 202 Å². The largest absolute Gasteiger partial charge is 0.507 e. The van der Waals surface area contributed by atoms with Gasteiger partial charge in [0.05, 0.1) is 12.8 Å². The number of carbonyl (C=O) groups excluding carboxylic acids is 1. The van der Waals surface area contributed by atoms with Gasteiger partial charge in [-0.1, -0.05) is 26.0 Å². The second-order valence-corrected chi connectivity index (χ2v) is 9.21. The third-order valence-corrected chi connectivity index (χ3v) is 6.50. The Morgan fingerprint density at radius 1 is 1.09 bits per heavy atom. The molecule has 3 aromatic rings. The zero-order valence-electron chi connectivity index (χ0n) is 20.6. The summed E-state index contributed by atoms with van der Waals surface area (Å²) in [6, 6.07) is 15.7. The van der Waals surface area contributed by atoms with Gasteiger partial charge in [-0.15, -0.1) is 0 Å². The van der Waals surface area contributed by atoms with Crippen molar-refractivity contribution < 1.29 is 14.6 Å². The lowest BCUT2D eigenvalue weighted by molar-refractivity contribution is 0.0949. The van der Waals surface area contributed by atoms with Crippen molar-refractivity contribution >= 4 is 5.91 Å². The van der Waals surface area contributed by atoms with E-state index in [2.05, 4.69) is 48.3 Å². The molecular formula is C28H35N3O3. The van der Waals surface area contributed by atoms with Crippen molar-refractivity contribution in [3.63, 3.8) is 0 Å². The quantitative estimate of drug-likeness (QED) is 0.476. The molecular weight excluding hydrogens is 426 g/mol. The number of methoxy groups -OCH3 is 1. The number of aromatic hydroxyl groups is 1. The molecule has 1 saturated heterocycles. The Morgan fingerprint density at radius 2 is 1.79 bits per heavy atom. The van der Waals surface area contributed by atoms with Gasteiger partial charge in [-0.05, 0) is 80.2 Å². The molecule has 0 saturated carbocycles. The SMILES string of the molecule is CCNC(=O)c1ccc(-c2cc(C(C)C)c(OC)cc2O)n1-c1ccc(CN2CCCC2)cc1. The van der Waals surface area contributed by atoms with Crippen LogP contribution in [0, 0.1) is 0 Å². The van der Waals surface area contributed by atoms with Crippen LogP contribution in [0.3, 0.4) is 0 Å². The van der Waals surface area contributed by atoms with Crippen LogP contribution in [0.2, 0.25) is 0 Å². The summed E-state index contributed by atoms with van der Waals surface area (Å²) < 4.78 is 7.43. The minimum Gasteiger partial charge on any atom is -0.507 e. The fourth-order valence-electron chi connectivity index (χ4n) is 4.72. The Morgan fingerprint density at radius 3 is 2.41 bits per heavy atom. The summed E-state index contributed by atoms with van der Waals surface area (Å²) in [6.45, 7) is 9.88. The number of carbonyl (C=O) groups is 1. The third kappa shape index (κ3) is 4.82. The van der Waals surface area contributed by atoms with Crippen LogP contribution in [0.1, 0.15) is 61.1 Å². The molecule has 6 nitrogen and oxygen atoms in total. The maximum absolute atomic E-state index is 12.9. The highest BCUT2D eigenvalue weighted by Crippen LogP contribution is 2.40. The van der Waals surface area contributed by atoms with E-state index in [1.165, 1.54) is 18.4 Å². The van der Waals surface area contributed by atoms with Crippen LogP contribution in [-0.4, -0.2) is 47.2 Å². The molecule has 2 heterocycles. The van der Waals surface area contributed by atoms with Crippen LogP contribution in [0.5, 0.6) is 11.5 Å². The molecule has 1 fully saturated rings. The van der Waals surface area contributed by atoms with Crippen LogP contribution < -0.4 is 10.1 Å². The van der Waals surface area contributed by atoms with E-state index in [9.17, 15) is 9.90 Å². The van der Waals surface area contributed by atoms with E-state index in [0.717, 1.165) is 36.6 Å². The fourth-order valence-corrected chi connectivity index (χ4v) is 4.72. The van der Waals surface area contributed by atoms with Crippen LogP contribution in [0.25, 0.3) is 16.9 Å². The van der Waals surface area contributed by atoms with Crippen molar-refractivity contribution in [2.75, 3.05) is 26.7 Å². The summed E-state index contributed by atoms with van der Waals surface area (Å²) >= 11 is 0.